The lowest BCUT2D eigenvalue weighted by molar-refractivity contribution is 0.248. The van der Waals surface area contributed by atoms with E-state index in [9.17, 15) is 14.0 Å². The molecule has 3 aromatic rings. The van der Waals surface area contributed by atoms with Crippen LogP contribution in [0, 0.1) is 5.82 Å². The number of hydrogen-bond donors (Lipinski definition) is 2. The highest BCUT2D eigenvalue weighted by Crippen LogP contribution is 2.34. The lowest BCUT2D eigenvalue weighted by Gasteiger charge is -2.16. The summed E-state index contributed by atoms with van der Waals surface area (Å²) in [5, 5.41) is 6.73. The monoisotopic (exact) mass is 379 g/mol. The zero-order valence-corrected chi connectivity index (χ0v) is 15.6. The number of amides is 2. The van der Waals surface area contributed by atoms with E-state index in [0.29, 0.717) is 5.69 Å². The second-order valence-corrected chi connectivity index (χ2v) is 7.33. The van der Waals surface area contributed by atoms with Gasteiger partial charge in [-0.05, 0) is 61.1 Å². The predicted molar refractivity (Wildman–Crippen MR) is 108 cm³/mol. The van der Waals surface area contributed by atoms with Gasteiger partial charge in [0, 0.05) is 24.5 Å². The maximum Gasteiger partial charge on any atom is 0.319 e. The molecule has 2 N–H and O–H groups in total. The van der Waals surface area contributed by atoms with Crippen molar-refractivity contribution < 1.29 is 9.18 Å². The Morgan fingerprint density at radius 1 is 1.11 bits per heavy atom. The number of carbonyl (C=O) groups is 1. The molecular weight excluding hydrogens is 357 g/mol. The summed E-state index contributed by atoms with van der Waals surface area (Å²) in [5.74, 6) is 0.0325. The molecule has 28 heavy (non-hydrogen) atoms. The van der Waals surface area contributed by atoms with Crippen LogP contribution in [0.2, 0.25) is 0 Å². The molecule has 4 rings (SSSR count). The average molecular weight is 379 g/mol. The Morgan fingerprint density at radius 2 is 1.93 bits per heavy atom. The fourth-order valence-corrected chi connectivity index (χ4v) is 4.03. The van der Waals surface area contributed by atoms with Crippen LogP contribution < -0.4 is 16.2 Å². The summed E-state index contributed by atoms with van der Waals surface area (Å²) in [4.78, 5) is 24.3. The Labute approximate surface area is 162 Å². The molecule has 0 spiro atoms. The van der Waals surface area contributed by atoms with Crippen molar-refractivity contribution in [2.24, 2.45) is 7.05 Å². The van der Waals surface area contributed by atoms with Crippen molar-refractivity contribution in [3.05, 3.63) is 76.3 Å². The van der Waals surface area contributed by atoms with Crippen LogP contribution in [0.15, 0.2) is 59.4 Å². The summed E-state index contributed by atoms with van der Waals surface area (Å²) in [7, 11) is 1.71. The van der Waals surface area contributed by atoms with Crippen molar-refractivity contribution >= 4 is 22.6 Å². The molecule has 5 nitrogen and oxygen atoms in total. The van der Waals surface area contributed by atoms with Crippen molar-refractivity contribution in [2.45, 2.75) is 31.2 Å². The third kappa shape index (κ3) is 3.63. The lowest BCUT2D eigenvalue weighted by Crippen LogP contribution is -2.36. The average Bonchev–Trinajstić information content (AvgIpc) is 3.13. The Balaban J connectivity index is 1.44. The number of fused-ring (bicyclic) bond motifs is 1. The number of rotatable bonds is 3. The molecule has 6 heteroatoms. The lowest BCUT2D eigenvalue weighted by atomic mass is 9.97. The van der Waals surface area contributed by atoms with Gasteiger partial charge in [-0.1, -0.05) is 18.2 Å². The molecule has 1 heterocycles. The van der Waals surface area contributed by atoms with Crippen LogP contribution in [0.1, 0.15) is 30.7 Å². The number of nitrogens with one attached hydrogen (secondary N) is 2. The maximum atomic E-state index is 13.5. The van der Waals surface area contributed by atoms with E-state index in [0.717, 1.165) is 35.7 Å². The van der Waals surface area contributed by atoms with Crippen LogP contribution in [0.5, 0.6) is 0 Å². The number of urea groups is 1. The molecule has 2 amide bonds. The third-order valence-corrected chi connectivity index (χ3v) is 5.50. The summed E-state index contributed by atoms with van der Waals surface area (Å²) in [6, 6.07) is 15.2. The van der Waals surface area contributed by atoms with Crippen LogP contribution in [0.25, 0.3) is 10.9 Å². The van der Waals surface area contributed by atoms with Gasteiger partial charge in [-0.2, -0.15) is 0 Å². The van der Waals surface area contributed by atoms with Gasteiger partial charge in [0.05, 0.1) is 11.2 Å². The summed E-state index contributed by atoms with van der Waals surface area (Å²) in [6.45, 7) is 0. The summed E-state index contributed by atoms with van der Waals surface area (Å²) < 4.78 is 15.0. The first-order valence-corrected chi connectivity index (χ1v) is 9.43. The molecule has 0 aliphatic heterocycles. The first kappa shape index (κ1) is 18.2. The number of benzene rings is 2. The second kappa shape index (κ2) is 7.46. The number of pyridine rings is 1. The normalized spacial score (nSPS) is 18.9. The van der Waals surface area contributed by atoms with Gasteiger partial charge >= 0.3 is 6.03 Å². The van der Waals surface area contributed by atoms with Crippen LogP contribution in [-0.4, -0.2) is 16.6 Å². The van der Waals surface area contributed by atoms with Crippen LogP contribution in [-0.2, 0) is 7.05 Å². The molecule has 0 radical (unpaired) electrons. The minimum absolute atomic E-state index is 0.0487. The molecule has 2 aromatic carbocycles. The molecule has 0 unspecified atom stereocenters. The van der Waals surface area contributed by atoms with E-state index < -0.39 is 0 Å². The number of anilines is 1. The highest BCUT2D eigenvalue weighted by atomic mass is 19.1. The maximum absolute atomic E-state index is 13.5. The van der Waals surface area contributed by atoms with Gasteiger partial charge in [-0.15, -0.1) is 0 Å². The van der Waals surface area contributed by atoms with Gasteiger partial charge in [-0.3, -0.25) is 4.79 Å². The quantitative estimate of drug-likeness (QED) is 0.719. The van der Waals surface area contributed by atoms with Gasteiger partial charge in [0.2, 0.25) is 0 Å². The number of halogens is 1. The largest absolute Gasteiger partial charge is 0.335 e. The number of carbonyl (C=O) groups excluding carboxylic acids is 1. The Kier molecular flexibility index (Phi) is 4.86. The van der Waals surface area contributed by atoms with Crippen LogP contribution >= 0.6 is 0 Å². The van der Waals surface area contributed by atoms with E-state index in [1.54, 1.807) is 29.8 Å². The topological polar surface area (TPSA) is 63.1 Å². The molecule has 0 bridgehead atoms. The van der Waals surface area contributed by atoms with Crippen LogP contribution in [0.4, 0.5) is 14.9 Å². The number of hydrogen-bond acceptors (Lipinski definition) is 2. The molecule has 144 valence electrons. The highest BCUT2D eigenvalue weighted by Gasteiger charge is 2.27. The third-order valence-electron chi connectivity index (χ3n) is 5.50. The standard InChI is InChI=1S/C22H22FN3O2/c1-26-20-7-3-6-19(18(20)10-11-21(26)27)25-22(28)24-17-9-8-15(13-17)14-4-2-5-16(23)12-14/h2-7,10-12,15,17H,8-9,13H2,1H3,(H2,24,25,28)/t15-,17-/m1/s1. The van der Waals surface area contributed by atoms with Crippen molar-refractivity contribution in [3.8, 4) is 0 Å². The Hall–Kier alpha value is -3.15. The minimum Gasteiger partial charge on any atom is -0.335 e. The van der Waals surface area contributed by atoms with E-state index in [-0.39, 0.29) is 29.4 Å². The summed E-state index contributed by atoms with van der Waals surface area (Å²) in [6.07, 6.45) is 2.57. The van der Waals surface area contributed by atoms with Gasteiger partial charge < -0.3 is 15.2 Å². The Morgan fingerprint density at radius 3 is 2.75 bits per heavy atom. The van der Waals surface area contributed by atoms with Gasteiger partial charge in [0.25, 0.3) is 5.56 Å². The fraction of sp³-hybridized carbons (Fsp3) is 0.273. The molecule has 1 aliphatic rings. The number of aryl methyl sites for hydroxylation is 1. The SMILES string of the molecule is Cn1c(=O)ccc2c(NC(=O)N[C@@H]3CC[C@@H](c4cccc(F)c4)C3)cccc21. The zero-order chi connectivity index (χ0) is 19.7. The van der Waals surface area contributed by atoms with Gasteiger partial charge in [0.1, 0.15) is 5.82 Å². The van der Waals surface area contributed by atoms with Crippen molar-refractivity contribution in [1.29, 1.82) is 0 Å². The number of nitrogens with zero attached hydrogens (tertiary/aromatic N) is 1. The predicted octanol–water partition coefficient (Wildman–Crippen LogP) is 4.14. The molecule has 1 aliphatic carbocycles. The van der Waals surface area contributed by atoms with E-state index in [2.05, 4.69) is 10.6 Å². The summed E-state index contributed by atoms with van der Waals surface area (Å²) >= 11 is 0. The van der Waals surface area contributed by atoms with E-state index in [4.69, 9.17) is 0 Å². The number of aromatic nitrogens is 1. The molecule has 1 saturated carbocycles. The van der Waals surface area contributed by atoms with Gasteiger partial charge in [0.15, 0.2) is 0 Å². The molecule has 1 fully saturated rings. The summed E-state index contributed by atoms with van der Waals surface area (Å²) in [5.41, 5.74) is 2.31. The van der Waals surface area contributed by atoms with Crippen molar-refractivity contribution in [3.63, 3.8) is 0 Å². The van der Waals surface area contributed by atoms with Crippen molar-refractivity contribution in [1.82, 2.24) is 9.88 Å². The molecule has 0 saturated heterocycles. The highest BCUT2D eigenvalue weighted by molar-refractivity contribution is 6.00. The molecule has 1 aromatic heterocycles. The van der Waals surface area contributed by atoms with Crippen LogP contribution in [0.3, 0.4) is 0 Å². The first-order valence-electron chi connectivity index (χ1n) is 9.43. The fourth-order valence-electron chi connectivity index (χ4n) is 4.03. The van der Waals surface area contributed by atoms with E-state index >= 15 is 0 Å². The van der Waals surface area contributed by atoms with Gasteiger partial charge in [-0.25, -0.2) is 9.18 Å². The first-order chi connectivity index (χ1) is 13.5. The second-order valence-electron chi connectivity index (χ2n) is 7.33. The molecule has 2 atom stereocenters. The van der Waals surface area contributed by atoms with E-state index in [1.165, 1.54) is 12.1 Å². The van der Waals surface area contributed by atoms with Crippen molar-refractivity contribution in [2.75, 3.05) is 5.32 Å². The smallest absolute Gasteiger partial charge is 0.319 e. The minimum atomic E-state index is -0.272. The van der Waals surface area contributed by atoms with E-state index in [1.807, 2.05) is 24.3 Å². The molecular formula is C22H22FN3O2. The zero-order valence-electron chi connectivity index (χ0n) is 15.6. The Bertz CT molecular complexity index is 1090.